The largest absolute Gasteiger partial charge is 0.315 e. The lowest BCUT2D eigenvalue weighted by molar-refractivity contribution is 0.274. The Morgan fingerprint density at radius 1 is 1.38 bits per heavy atom. The van der Waals surface area contributed by atoms with Gasteiger partial charge in [-0.1, -0.05) is 19.1 Å². The minimum absolute atomic E-state index is 0.0109. The number of hydrogen-bond acceptors (Lipinski definition) is 4. The second-order valence-electron chi connectivity index (χ2n) is 5.27. The zero-order chi connectivity index (χ0) is 15.3. The summed E-state index contributed by atoms with van der Waals surface area (Å²) in [4.78, 5) is 0. The van der Waals surface area contributed by atoms with Gasteiger partial charge >= 0.3 is 0 Å². The van der Waals surface area contributed by atoms with E-state index in [0.29, 0.717) is 12.1 Å². The Kier molecular flexibility index (Phi) is 5.34. The van der Waals surface area contributed by atoms with Gasteiger partial charge in [0.05, 0.1) is 17.4 Å². The Morgan fingerprint density at radius 3 is 2.62 bits per heavy atom. The monoisotopic (exact) mass is 307 g/mol. The fourth-order valence-electron chi connectivity index (χ4n) is 2.73. The quantitative estimate of drug-likeness (QED) is 0.894. The molecule has 0 amide bonds. The third kappa shape index (κ3) is 4.03. The van der Waals surface area contributed by atoms with E-state index < -0.39 is 10.0 Å². The molecule has 1 aromatic carbocycles. The molecule has 0 saturated carbocycles. The van der Waals surface area contributed by atoms with E-state index in [1.807, 2.05) is 13.0 Å². The Morgan fingerprint density at radius 2 is 2.10 bits per heavy atom. The molecule has 1 aromatic rings. The van der Waals surface area contributed by atoms with Crippen LogP contribution in [0.15, 0.2) is 24.3 Å². The molecule has 0 aliphatic carbocycles. The molecule has 0 bridgehead atoms. The van der Waals surface area contributed by atoms with E-state index >= 15 is 0 Å². The second kappa shape index (κ2) is 7.03. The highest BCUT2D eigenvalue weighted by Gasteiger charge is 2.29. The lowest BCUT2D eigenvalue weighted by atomic mass is 10.1. The van der Waals surface area contributed by atoms with Gasteiger partial charge in [0.2, 0.25) is 10.0 Å². The van der Waals surface area contributed by atoms with Gasteiger partial charge in [0, 0.05) is 19.1 Å². The van der Waals surface area contributed by atoms with Gasteiger partial charge in [0.25, 0.3) is 0 Å². The van der Waals surface area contributed by atoms with Gasteiger partial charge in [-0.2, -0.15) is 9.57 Å². The van der Waals surface area contributed by atoms with E-state index in [-0.39, 0.29) is 11.8 Å². The lowest BCUT2D eigenvalue weighted by Crippen LogP contribution is -2.48. The molecule has 1 N–H and O–H groups in total. The van der Waals surface area contributed by atoms with Gasteiger partial charge in [-0.05, 0) is 37.1 Å². The molecular formula is C15H21N3O2S. The summed E-state index contributed by atoms with van der Waals surface area (Å²) in [5, 5.41) is 12.0. The maximum atomic E-state index is 12.6. The number of nitrogens with zero attached hydrogens (tertiary/aromatic N) is 2. The van der Waals surface area contributed by atoms with Crippen molar-refractivity contribution in [2.45, 2.75) is 31.6 Å². The Bertz CT molecular complexity index is 599. The summed E-state index contributed by atoms with van der Waals surface area (Å²) in [6.07, 6.45) is 1.92. The summed E-state index contributed by atoms with van der Waals surface area (Å²) >= 11 is 0. The topological polar surface area (TPSA) is 73.2 Å². The summed E-state index contributed by atoms with van der Waals surface area (Å²) in [7, 11) is -3.33. The molecule has 0 spiro atoms. The minimum Gasteiger partial charge on any atom is -0.315 e. The summed E-state index contributed by atoms with van der Waals surface area (Å²) in [5.74, 6) is -0.0109. The van der Waals surface area contributed by atoms with Crippen molar-refractivity contribution in [1.82, 2.24) is 9.62 Å². The lowest BCUT2D eigenvalue weighted by Gasteiger charge is -2.33. The maximum Gasteiger partial charge on any atom is 0.218 e. The molecule has 5 nitrogen and oxygen atoms in total. The standard InChI is InChI=1S/C15H21N3O2S/c1-2-18(15-4-3-9-17-11-15)21(19,20)12-14-7-5-13(10-16)6-8-14/h5-8,15,17H,2-4,9,11-12H2,1H3. The number of rotatable bonds is 5. The first-order chi connectivity index (χ1) is 10.1. The van der Waals surface area contributed by atoms with Gasteiger partial charge in [0.1, 0.15) is 0 Å². The van der Waals surface area contributed by atoms with Crippen LogP contribution in [0.4, 0.5) is 0 Å². The molecule has 114 valence electrons. The Balaban J connectivity index is 2.12. The molecule has 1 heterocycles. The summed E-state index contributed by atoms with van der Waals surface area (Å²) in [6.45, 7) is 4.06. The van der Waals surface area contributed by atoms with Crippen LogP contribution >= 0.6 is 0 Å². The van der Waals surface area contributed by atoms with Crippen LogP contribution in [0.2, 0.25) is 0 Å². The van der Waals surface area contributed by atoms with Crippen molar-refractivity contribution >= 4 is 10.0 Å². The van der Waals surface area contributed by atoms with Gasteiger partial charge in [-0.3, -0.25) is 0 Å². The summed E-state index contributed by atoms with van der Waals surface area (Å²) < 4.78 is 26.8. The van der Waals surface area contributed by atoms with Gasteiger partial charge in [-0.25, -0.2) is 8.42 Å². The van der Waals surface area contributed by atoms with E-state index in [4.69, 9.17) is 5.26 Å². The molecule has 1 unspecified atom stereocenters. The molecule has 6 heteroatoms. The first kappa shape index (κ1) is 16.0. The molecule has 1 fully saturated rings. The van der Waals surface area contributed by atoms with Crippen molar-refractivity contribution in [3.63, 3.8) is 0 Å². The second-order valence-corrected chi connectivity index (χ2v) is 7.19. The molecular weight excluding hydrogens is 286 g/mol. The predicted molar refractivity (Wildman–Crippen MR) is 82.1 cm³/mol. The van der Waals surface area contributed by atoms with Crippen molar-refractivity contribution in [1.29, 1.82) is 5.26 Å². The zero-order valence-electron chi connectivity index (χ0n) is 12.2. The number of likely N-dealkylation sites (N-methyl/N-ethyl adjacent to an activating group) is 1. The SMILES string of the molecule is CCN(C1CCCNC1)S(=O)(=O)Cc1ccc(C#N)cc1. The fraction of sp³-hybridized carbons (Fsp3) is 0.533. The van der Waals surface area contributed by atoms with Gasteiger partial charge in [0.15, 0.2) is 0 Å². The average Bonchev–Trinajstić information content (AvgIpc) is 2.49. The number of hydrogen-bond donors (Lipinski definition) is 1. The van der Waals surface area contributed by atoms with Crippen LogP contribution in [0.3, 0.4) is 0 Å². The zero-order valence-corrected chi connectivity index (χ0v) is 13.1. The van der Waals surface area contributed by atoms with Crippen LogP contribution in [0.5, 0.6) is 0 Å². The molecule has 0 radical (unpaired) electrons. The number of nitrogens with one attached hydrogen (secondary N) is 1. The van der Waals surface area contributed by atoms with Crippen molar-refractivity contribution in [3.05, 3.63) is 35.4 Å². The normalized spacial score (nSPS) is 19.4. The average molecular weight is 307 g/mol. The predicted octanol–water partition coefficient (Wildman–Crippen LogP) is 1.46. The van der Waals surface area contributed by atoms with Crippen LogP contribution in [-0.4, -0.2) is 38.4 Å². The highest BCUT2D eigenvalue weighted by Crippen LogP contribution is 2.18. The van der Waals surface area contributed by atoms with E-state index in [9.17, 15) is 8.42 Å². The summed E-state index contributed by atoms with van der Waals surface area (Å²) in [6, 6.07) is 8.82. The van der Waals surface area contributed by atoms with Crippen LogP contribution in [-0.2, 0) is 15.8 Å². The molecule has 1 aliphatic heterocycles. The molecule has 0 aromatic heterocycles. The van der Waals surface area contributed by atoms with E-state index in [2.05, 4.69) is 5.32 Å². The van der Waals surface area contributed by atoms with Crippen molar-refractivity contribution < 1.29 is 8.42 Å². The highest BCUT2D eigenvalue weighted by molar-refractivity contribution is 7.88. The molecule has 21 heavy (non-hydrogen) atoms. The van der Waals surface area contributed by atoms with Crippen molar-refractivity contribution in [2.75, 3.05) is 19.6 Å². The maximum absolute atomic E-state index is 12.6. The molecule has 1 aliphatic rings. The number of nitriles is 1. The van der Waals surface area contributed by atoms with Crippen molar-refractivity contribution in [3.8, 4) is 6.07 Å². The fourth-order valence-corrected chi connectivity index (χ4v) is 4.54. The third-order valence-electron chi connectivity index (χ3n) is 3.78. The van der Waals surface area contributed by atoms with Gasteiger partial charge < -0.3 is 5.32 Å². The van der Waals surface area contributed by atoms with Gasteiger partial charge in [-0.15, -0.1) is 0 Å². The molecule has 1 atom stereocenters. The van der Waals surface area contributed by atoms with E-state index in [1.165, 1.54) is 0 Å². The minimum atomic E-state index is -3.33. The van der Waals surface area contributed by atoms with Crippen LogP contribution in [0.25, 0.3) is 0 Å². The number of benzene rings is 1. The van der Waals surface area contributed by atoms with Crippen LogP contribution in [0, 0.1) is 11.3 Å². The third-order valence-corrected chi connectivity index (χ3v) is 5.75. The van der Waals surface area contributed by atoms with E-state index in [1.54, 1.807) is 28.6 Å². The van der Waals surface area contributed by atoms with Crippen LogP contribution < -0.4 is 5.32 Å². The van der Waals surface area contributed by atoms with Crippen molar-refractivity contribution in [2.24, 2.45) is 0 Å². The number of piperidine rings is 1. The smallest absolute Gasteiger partial charge is 0.218 e. The van der Waals surface area contributed by atoms with E-state index in [0.717, 1.165) is 31.5 Å². The number of sulfonamides is 1. The molecule has 1 saturated heterocycles. The Labute approximate surface area is 126 Å². The first-order valence-corrected chi connectivity index (χ1v) is 8.87. The van der Waals surface area contributed by atoms with Crippen LogP contribution in [0.1, 0.15) is 30.9 Å². The first-order valence-electron chi connectivity index (χ1n) is 7.26. The Hall–Kier alpha value is -1.42. The highest BCUT2D eigenvalue weighted by atomic mass is 32.2. The summed E-state index contributed by atoms with van der Waals surface area (Å²) in [5.41, 5.74) is 1.26. The molecule has 2 rings (SSSR count).